The van der Waals surface area contributed by atoms with Crippen molar-refractivity contribution in [1.29, 1.82) is 0 Å². The van der Waals surface area contributed by atoms with Gasteiger partial charge in [0.15, 0.2) is 0 Å². The van der Waals surface area contributed by atoms with Crippen molar-refractivity contribution in [3.05, 3.63) is 24.3 Å². The van der Waals surface area contributed by atoms with Gasteiger partial charge >= 0.3 is 0 Å². The number of nitrogens with zero attached hydrogens (tertiary/aromatic N) is 1. The third-order valence-corrected chi connectivity index (χ3v) is 2.86. The molecule has 0 spiro atoms. The van der Waals surface area contributed by atoms with Crippen molar-refractivity contribution >= 4 is 15.7 Å². The van der Waals surface area contributed by atoms with Crippen LogP contribution in [0.1, 0.15) is 13.3 Å². The molecule has 2 unspecified atom stereocenters. The van der Waals surface area contributed by atoms with Crippen LogP contribution in [-0.4, -0.2) is 23.0 Å². The summed E-state index contributed by atoms with van der Waals surface area (Å²) in [4.78, 5) is 10.5. The second kappa shape index (κ2) is 4.54. The number of carbonyl (C=O) groups is 1. The molecule has 1 aliphatic rings. The molecular weight excluding hydrogens is 169 g/mol. The maximum atomic E-state index is 10.5. The van der Waals surface area contributed by atoms with Crippen LogP contribution < -0.4 is 0 Å². The Morgan fingerprint density at radius 3 is 2.92 bits per heavy atom. The van der Waals surface area contributed by atoms with Crippen LogP contribution in [0.3, 0.4) is 0 Å². The van der Waals surface area contributed by atoms with Crippen molar-refractivity contribution in [1.82, 2.24) is 4.67 Å². The van der Waals surface area contributed by atoms with Gasteiger partial charge in [-0.15, -0.1) is 0 Å². The minimum Gasteiger partial charge on any atom is -0.302 e. The van der Waals surface area contributed by atoms with Gasteiger partial charge in [0.05, 0.1) is 6.04 Å². The third-order valence-electron chi connectivity index (χ3n) is 2.01. The smallest absolute Gasteiger partial charge is 0.137 e. The first-order chi connectivity index (χ1) is 5.75. The highest BCUT2D eigenvalue weighted by Gasteiger charge is 2.16. The Morgan fingerprint density at radius 2 is 2.42 bits per heavy atom. The van der Waals surface area contributed by atoms with Crippen LogP contribution in [0, 0.1) is 0 Å². The van der Waals surface area contributed by atoms with E-state index in [0.29, 0.717) is 6.04 Å². The lowest BCUT2D eigenvalue weighted by atomic mass is 10.1. The summed E-state index contributed by atoms with van der Waals surface area (Å²) in [5, 5.41) is 0. The highest BCUT2D eigenvalue weighted by molar-refractivity contribution is 7.13. The summed E-state index contributed by atoms with van der Waals surface area (Å²) >= 11 is 0. The molecule has 0 heterocycles. The lowest BCUT2D eigenvalue weighted by Crippen LogP contribution is -2.33. The molecule has 2 nitrogen and oxygen atoms in total. The van der Waals surface area contributed by atoms with Crippen molar-refractivity contribution in [2.75, 3.05) is 0 Å². The second-order valence-corrected chi connectivity index (χ2v) is 3.54. The predicted molar refractivity (Wildman–Crippen MR) is 53.8 cm³/mol. The van der Waals surface area contributed by atoms with Crippen molar-refractivity contribution in [3.63, 3.8) is 0 Å². The molecule has 1 rings (SSSR count). The Morgan fingerprint density at radius 1 is 1.67 bits per heavy atom. The molecule has 0 radical (unpaired) electrons. The van der Waals surface area contributed by atoms with E-state index in [1.54, 1.807) is 0 Å². The van der Waals surface area contributed by atoms with Gasteiger partial charge in [0.25, 0.3) is 0 Å². The fraction of sp³-hybridized carbons (Fsp3) is 0.444. The molecule has 0 bridgehead atoms. The number of allylic oxidation sites excluding steroid dienone is 2. The Kier molecular flexibility index (Phi) is 3.64. The van der Waals surface area contributed by atoms with E-state index >= 15 is 0 Å². The van der Waals surface area contributed by atoms with E-state index in [-0.39, 0.29) is 6.04 Å². The fourth-order valence-electron chi connectivity index (χ4n) is 1.16. The summed E-state index contributed by atoms with van der Waals surface area (Å²) in [5.74, 6) is 0. The highest BCUT2D eigenvalue weighted by Crippen LogP contribution is 2.17. The number of carbonyl (C=O) groups excluding carboxylic acids is 1. The molecule has 0 fully saturated rings. The van der Waals surface area contributed by atoms with Gasteiger partial charge in [0, 0.05) is 6.04 Å². The number of hydrogen-bond acceptors (Lipinski definition) is 2. The summed E-state index contributed by atoms with van der Waals surface area (Å²) in [7, 11) is 2.60. The standard InChI is InChI=1S/C9H14NOP/c1-8(7-11)10(12)9-5-3-2-4-6-9/h2-5,7-9H,6,12H2,1H3/t8-,9?/m0/s1. The van der Waals surface area contributed by atoms with Gasteiger partial charge in [-0.2, -0.15) is 0 Å². The molecule has 0 saturated carbocycles. The quantitative estimate of drug-likeness (QED) is 0.488. The van der Waals surface area contributed by atoms with Gasteiger partial charge in [-0.25, -0.2) is 0 Å². The van der Waals surface area contributed by atoms with Crippen LogP contribution in [0.25, 0.3) is 0 Å². The number of hydrogen-bond donors (Lipinski definition) is 0. The monoisotopic (exact) mass is 183 g/mol. The maximum absolute atomic E-state index is 10.5. The Bertz CT molecular complexity index is 213. The minimum atomic E-state index is -0.0313. The molecule has 0 aromatic heterocycles. The largest absolute Gasteiger partial charge is 0.302 e. The lowest BCUT2D eigenvalue weighted by Gasteiger charge is -2.27. The van der Waals surface area contributed by atoms with Crippen LogP contribution >= 0.6 is 9.39 Å². The van der Waals surface area contributed by atoms with E-state index in [0.717, 1.165) is 12.7 Å². The van der Waals surface area contributed by atoms with Crippen LogP contribution in [0.15, 0.2) is 24.3 Å². The normalized spacial score (nSPS) is 24.4. The lowest BCUT2D eigenvalue weighted by molar-refractivity contribution is -0.110. The molecule has 0 amide bonds. The average Bonchev–Trinajstić information content (AvgIpc) is 2.17. The van der Waals surface area contributed by atoms with Gasteiger partial charge in [0.2, 0.25) is 0 Å². The van der Waals surface area contributed by atoms with E-state index in [2.05, 4.69) is 21.5 Å². The second-order valence-electron chi connectivity index (χ2n) is 2.94. The summed E-state index contributed by atoms with van der Waals surface area (Å²) in [5.41, 5.74) is 0. The molecule has 12 heavy (non-hydrogen) atoms. The zero-order chi connectivity index (χ0) is 8.97. The molecule has 0 aromatic rings. The molecule has 0 aliphatic heterocycles. The zero-order valence-electron chi connectivity index (χ0n) is 7.18. The molecule has 66 valence electrons. The first-order valence-corrected chi connectivity index (χ1v) is 4.59. The summed E-state index contributed by atoms with van der Waals surface area (Å²) in [6, 6.07) is 0.316. The Labute approximate surface area is 75.6 Å². The molecular formula is C9H14NOP. The molecule has 0 saturated heterocycles. The van der Waals surface area contributed by atoms with E-state index < -0.39 is 0 Å². The van der Waals surface area contributed by atoms with Crippen LogP contribution in [-0.2, 0) is 4.79 Å². The Balaban J connectivity index is 2.52. The first kappa shape index (κ1) is 9.63. The van der Waals surface area contributed by atoms with E-state index in [1.165, 1.54) is 0 Å². The average molecular weight is 183 g/mol. The first-order valence-electron chi connectivity index (χ1n) is 4.07. The van der Waals surface area contributed by atoms with Crippen LogP contribution in [0.4, 0.5) is 0 Å². The van der Waals surface area contributed by atoms with E-state index in [9.17, 15) is 4.79 Å². The molecule has 3 heteroatoms. The van der Waals surface area contributed by atoms with Crippen molar-refractivity contribution in [2.45, 2.75) is 25.4 Å². The van der Waals surface area contributed by atoms with Gasteiger partial charge in [-0.1, -0.05) is 33.7 Å². The topological polar surface area (TPSA) is 20.3 Å². The summed E-state index contributed by atoms with van der Waals surface area (Å²) < 4.78 is 1.99. The molecule has 0 aromatic carbocycles. The predicted octanol–water partition coefficient (Wildman–Crippen LogP) is 1.55. The summed E-state index contributed by atoms with van der Waals surface area (Å²) in [6.45, 7) is 1.90. The van der Waals surface area contributed by atoms with E-state index in [4.69, 9.17) is 0 Å². The molecule has 3 atom stereocenters. The van der Waals surface area contributed by atoms with Crippen molar-refractivity contribution < 1.29 is 4.79 Å². The van der Waals surface area contributed by atoms with Crippen LogP contribution in [0.5, 0.6) is 0 Å². The van der Waals surface area contributed by atoms with Gasteiger partial charge in [0.1, 0.15) is 6.29 Å². The zero-order valence-corrected chi connectivity index (χ0v) is 8.34. The van der Waals surface area contributed by atoms with Gasteiger partial charge in [-0.3, -0.25) is 4.67 Å². The SMILES string of the molecule is C[C@@H](C=O)N(P)C1C=CC=CC1. The number of rotatable bonds is 3. The molecule has 1 aliphatic carbocycles. The molecule has 0 N–H and O–H groups in total. The number of aldehydes is 1. The third kappa shape index (κ3) is 2.26. The van der Waals surface area contributed by atoms with Crippen molar-refractivity contribution in [2.24, 2.45) is 0 Å². The van der Waals surface area contributed by atoms with Gasteiger partial charge < -0.3 is 4.79 Å². The van der Waals surface area contributed by atoms with Gasteiger partial charge in [-0.05, 0) is 13.3 Å². The highest BCUT2D eigenvalue weighted by atomic mass is 31.0. The summed E-state index contributed by atoms with van der Waals surface area (Å²) in [6.07, 6.45) is 10.2. The maximum Gasteiger partial charge on any atom is 0.137 e. The fourth-order valence-corrected chi connectivity index (χ4v) is 1.45. The van der Waals surface area contributed by atoms with Crippen molar-refractivity contribution in [3.8, 4) is 0 Å². The Hall–Kier alpha value is -0.460. The minimum absolute atomic E-state index is 0.0313. The van der Waals surface area contributed by atoms with Crippen LogP contribution in [0.2, 0.25) is 0 Å². The van der Waals surface area contributed by atoms with E-state index in [1.807, 2.05) is 23.7 Å².